The molecule has 2 rings (SSSR count). The van der Waals surface area contributed by atoms with Gasteiger partial charge in [-0.25, -0.2) is 0 Å². The lowest BCUT2D eigenvalue weighted by Crippen LogP contribution is -2.14. The predicted molar refractivity (Wildman–Crippen MR) is 65.1 cm³/mol. The second kappa shape index (κ2) is 5.49. The molecule has 1 unspecified atom stereocenters. The summed E-state index contributed by atoms with van der Waals surface area (Å²) in [5.41, 5.74) is -0.608. The number of hydrogen-bond acceptors (Lipinski definition) is 2. The van der Waals surface area contributed by atoms with Crippen LogP contribution in [-0.2, 0) is 11.0 Å². The Morgan fingerprint density at radius 1 is 1.26 bits per heavy atom. The van der Waals surface area contributed by atoms with Gasteiger partial charge in [-0.1, -0.05) is 24.4 Å². The van der Waals surface area contributed by atoms with E-state index in [1.165, 1.54) is 0 Å². The van der Waals surface area contributed by atoms with Crippen LogP contribution in [0.4, 0.5) is 13.2 Å². The van der Waals surface area contributed by atoms with Crippen molar-refractivity contribution in [1.82, 2.24) is 4.98 Å². The minimum Gasteiger partial charge on any atom is -0.299 e. The van der Waals surface area contributed by atoms with Crippen molar-refractivity contribution < 1.29 is 18.0 Å². The molecule has 0 aromatic carbocycles. The lowest BCUT2D eigenvalue weighted by Gasteiger charge is -2.15. The van der Waals surface area contributed by atoms with E-state index in [1.54, 1.807) is 0 Å². The van der Waals surface area contributed by atoms with Crippen molar-refractivity contribution in [2.45, 2.75) is 44.2 Å². The maximum absolute atomic E-state index is 12.5. The first-order valence-electron chi connectivity index (χ1n) is 6.15. The number of nitrogens with zero attached hydrogens (tertiary/aromatic N) is 1. The number of aromatic nitrogens is 1. The summed E-state index contributed by atoms with van der Waals surface area (Å²) < 4.78 is 37.6. The van der Waals surface area contributed by atoms with E-state index >= 15 is 0 Å². The molecular weight excluding hydrogens is 279 g/mol. The van der Waals surface area contributed by atoms with Crippen molar-refractivity contribution in [3.63, 3.8) is 0 Å². The van der Waals surface area contributed by atoms with Gasteiger partial charge in [-0.3, -0.25) is 9.78 Å². The third kappa shape index (κ3) is 3.26. The molecule has 1 aromatic rings. The van der Waals surface area contributed by atoms with E-state index in [0.717, 1.165) is 31.5 Å². The van der Waals surface area contributed by atoms with Crippen molar-refractivity contribution in [2.75, 3.05) is 0 Å². The van der Waals surface area contributed by atoms with Crippen molar-refractivity contribution in [3.8, 4) is 0 Å². The molecule has 1 aromatic heterocycles. The van der Waals surface area contributed by atoms with Gasteiger partial charge < -0.3 is 0 Å². The van der Waals surface area contributed by atoms with Crippen molar-refractivity contribution >= 4 is 17.4 Å². The Kier molecular flexibility index (Phi) is 4.13. The highest BCUT2D eigenvalue weighted by molar-refractivity contribution is 6.31. The average Bonchev–Trinajstić information content (AvgIpc) is 2.53. The quantitative estimate of drug-likeness (QED) is 0.719. The second-order valence-corrected chi connectivity index (χ2v) is 5.11. The van der Waals surface area contributed by atoms with E-state index in [1.807, 2.05) is 0 Å². The Morgan fingerprint density at radius 3 is 2.63 bits per heavy atom. The molecule has 104 valence electrons. The third-order valence-electron chi connectivity index (χ3n) is 3.33. The van der Waals surface area contributed by atoms with Gasteiger partial charge in [0.1, 0.15) is 5.78 Å². The summed E-state index contributed by atoms with van der Waals surface area (Å²) >= 11 is 5.87. The first-order valence-corrected chi connectivity index (χ1v) is 6.53. The van der Waals surface area contributed by atoms with Crippen molar-refractivity contribution in [2.24, 2.45) is 0 Å². The van der Waals surface area contributed by atoms with Crippen LogP contribution in [0, 0.1) is 0 Å². The van der Waals surface area contributed by atoms with Crippen LogP contribution in [0.1, 0.15) is 49.3 Å². The highest BCUT2D eigenvalue weighted by Gasteiger charge is 2.33. The largest absolute Gasteiger partial charge is 0.417 e. The van der Waals surface area contributed by atoms with Crippen LogP contribution >= 0.6 is 11.6 Å². The fourth-order valence-electron chi connectivity index (χ4n) is 2.31. The van der Waals surface area contributed by atoms with Crippen LogP contribution in [-0.4, -0.2) is 10.8 Å². The molecule has 6 heteroatoms. The number of hydrogen-bond donors (Lipinski definition) is 0. The molecule has 2 nitrogen and oxygen atoms in total. The number of pyridine rings is 1. The number of carbonyl (C=O) groups is 1. The van der Waals surface area contributed by atoms with Gasteiger partial charge in [-0.2, -0.15) is 13.2 Å². The van der Waals surface area contributed by atoms with Crippen LogP contribution in [0.3, 0.4) is 0 Å². The molecule has 0 bridgehead atoms. The smallest absolute Gasteiger partial charge is 0.299 e. The topological polar surface area (TPSA) is 30.0 Å². The van der Waals surface area contributed by atoms with Crippen LogP contribution < -0.4 is 0 Å². The third-order valence-corrected chi connectivity index (χ3v) is 3.63. The average molecular weight is 292 g/mol. The lowest BCUT2D eigenvalue weighted by atomic mass is 9.94. The van der Waals surface area contributed by atoms with Gasteiger partial charge in [0, 0.05) is 12.6 Å². The molecule has 0 spiro atoms. The van der Waals surface area contributed by atoms with Gasteiger partial charge >= 0.3 is 6.18 Å². The van der Waals surface area contributed by atoms with Gasteiger partial charge in [0.15, 0.2) is 0 Å². The highest BCUT2D eigenvalue weighted by atomic mass is 35.5. The second-order valence-electron chi connectivity index (χ2n) is 4.71. The zero-order valence-corrected chi connectivity index (χ0v) is 10.9. The maximum Gasteiger partial charge on any atom is 0.417 e. The van der Waals surface area contributed by atoms with Crippen LogP contribution in [0.25, 0.3) is 0 Å². The minimum atomic E-state index is -4.47. The summed E-state index contributed by atoms with van der Waals surface area (Å²) in [5, 5.41) is -0.0740. The number of Topliss-reactive ketones (excluding diaryl/α,β-unsaturated/α-hetero) is 1. The molecule has 1 aliphatic carbocycles. The van der Waals surface area contributed by atoms with Gasteiger partial charge in [0.25, 0.3) is 0 Å². The molecule has 1 saturated carbocycles. The van der Waals surface area contributed by atoms with E-state index in [-0.39, 0.29) is 16.5 Å². The van der Waals surface area contributed by atoms with E-state index in [2.05, 4.69) is 4.98 Å². The molecule has 1 fully saturated rings. The Bertz CT molecular complexity index is 487. The van der Waals surface area contributed by atoms with E-state index in [4.69, 9.17) is 11.6 Å². The summed E-state index contributed by atoms with van der Waals surface area (Å²) in [5.74, 6) is -0.441. The molecule has 1 atom stereocenters. The number of carbonyl (C=O) groups excluding carboxylic acids is 1. The van der Waals surface area contributed by atoms with Crippen LogP contribution in [0.2, 0.25) is 5.02 Å². The molecule has 0 radical (unpaired) electrons. The zero-order chi connectivity index (χ0) is 14.0. The monoisotopic (exact) mass is 291 g/mol. The molecular formula is C13H13ClF3NO. The van der Waals surface area contributed by atoms with Gasteiger partial charge in [-0.15, -0.1) is 0 Å². The SMILES string of the molecule is O=C1CCCCCC1c1ncc(C(F)(F)F)cc1Cl. The maximum atomic E-state index is 12.5. The van der Waals surface area contributed by atoms with Gasteiger partial charge in [0.05, 0.1) is 22.2 Å². The standard InChI is InChI=1S/C13H13ClF3NO/c14-10-6-8(13(15,16)17)7-18-12(10)9-4-2-1-3-5-11(9)19/h6-7,9H,1-5H2. The van der Waals surface area contributed by atoms with Crippen molar-refractivity contribution in [1.29, 1.82) is 0 Å². The molecule has 0 aliphatic heterocycles. The lowest BCUT2D eigenvalue weighted by molar-refractivity contribution is -0.137. The normalized spacial score (nSPS) is 21.3. The van der Waals surface area contributed by atoms with Gasteiger partial charge in [0.2, 0.25) is 0 Å². The first-order chi connectivity index (χ1) is 8.89. The number of alkyl halides is 3. The van der Waals surface area contributed by atoms with Gasteiger partial charge in [-0.05, 0) is 18.9 Å². The number of rotatable bonds is 1. The van der Waals surface area contributed by atoms with E-state index in [9.17, 15) is 18.0 Å². The fraction of sp³-hybridized carbons (Fsp3) is 0.538. The molecule has 1 aliphatic rings. The molecule has 1 heterocycles. The fourth-order valence-corrected chi connectivity index (χ4v) is 2.61. The highest BCUT2D eigenvalue weighted by Crippen LogP contribution is 2.35. The predicted octanol–water partition coefficient (Wildman–Crippen LogP) is 4.37. The Balaban J connectivity index is 2.32. The summed E-state index contributed by atoms with van der Waals surface area (Å²) in [4.78, 5) is 15.7. The summed E-state index contributed by atoms with van der Waals surface area (Å²) in [6.45, 7) is 0. The Morgan fingerprint density at radius 2 is 2.00 bits per heavy atom. The number of halogens is 4. The van der Waals surface area contributed by atoms with Crippen molar-refractivity contribution in [3.05, 3.63) is 28.5 Å². The number of ketones is 1. The molecule has 19 heavy (non-hydrogen) atoms. The van der Waals surface area contributed by atoms with E-state index in [0.29, 0.717) is 12.8 Å². The molecule has 0 N–H and O–H groups in total. The summed E-state index contributed by atoms with van der Waals surface area (Å²) in [7, 11) is 0. The zero-order valence-electron chi connectivity index (χ0n) is 10.1. The molecule has 0 amide bonds. The Hall–Kier alpha value is -1.10. The summed E-state index contributed by atoms with van der Waals surface area (Å²) in [6.07, 6.45) is -0.00779. The summed E-state index contributed by atoms with van der Waals surface area (Å²) in [6, 6.07) is 0.849. The first kappa shape index (κ1) is 14.3. The van der Waals surface area contributed by atoms with Crippen LogP contribution in [0.15, 0.2) is 12.3 Å². The van der Waals surface area contributed by atoms with E-state index < -0.39 is 17.7 Å². The van der Waals surface area contributed by atoms with Crippen LogP contribution in [0.5, 0.6) is 0 Å². The minimum absolute atomic E-state index is 0.0201. The molecule has 0 saturated heterocycles. The Labute approximate surface area is 114 Å².